The molecule has 0 radical (unpaired) electrons. The standard InChI is InChI=1S/C13H19BrN2O2/c1-9(6-10(2)17)8-15-13(18)16-12-5-3-4-11(14)7-12/h3-5,7,9-10,17H,6,8H2,1-2H3,(H2,15,16,18). The Hall–Kier alpha value is -1.07. The molecule has 1 rings (SSSR count). The van der Waals surface area contributed by atoms with Crippen LogP contribution in [0.3, 0.4) is 0 Å². The van der Waals surface area contributed by atoms with Crippen molar-refractivity contribution in [1.82, 2.24) is 5.32 Å². The van der Waals surface area contributed by atoms with Crippen molar-refractivity contribution in [1.29, 1.82) is 0 Å². The third-order valence-corrected chi connectivity index (χ3v) is 2.93. The number of carbonyl (C=O) groups is 1. The number of anilines is 1. The predicted octanol–water partition coefficient (Wildman–Crippen LogP) is 2.98. The van der Waals surface area contributed by atoms with Gasteiger partial charge in [-0.3, -0.25) is 0 Å². The lowest BCUT2D eigenvalue weighted by atomic mass is 10.1. The fourth-order valence-corrected chi connectivity index (χ4v) is 2.07. The molecular weight excluding hydrogens is 296 g/mol. The maximum Gasteiger partial charge on any atom is 0.319 e. The van der Waals surface area contributed by atoms with Gasteiger partial charge in [0.25, 0.3) is 0 Å². The molecule has 0 aliphatic heterocycles. The Morgan fingerprint density at radius 3 is 2.78 bits per heavy atom. The number of hydrogen-bond donors (Lipinski definition) is 3. The number of rotatable bonds is 5. The molecule has 100 valence electrons. The molecule has 0 aliphatic carbocycles. The first kappa shape index (κ1) is 15.0. The first-order valence-electron chi connectivity index (χ1n) is 5.96. The summed E-state index contributed by atoms with van der Waals surface area (Å²) in [6.45, 7) is 4.29. The Labute approximate surface area is 116 Å². The minimum Gasteiger partial charge on any atom is -0.393 e. The largest absolute Gasteiger partial charge is 0.393 e. The second-order valence-corrected chi connectivity index (χ2v) is 5.45. The molecule has 2 atom stereocenters. The van der Waals surface area contributed by atoms with Crippen molar-refractivity contribution < 1.29 is 9.90 Å². The molecule has 0 saturated carbocycles. The highest BCUT2D eigenvalue weighted by Crippen LogP contribution is 2.15. The van der Waals surface area contributed by atoms with Crippen LogP contribution in [0.25, 0.3) is 0 Å². The third-order valence-electron chi connectivity index (χ3n) is 2.44. The van der Waals surface area contributed by atoms with E-state index in [1.54, 1.807) is 6.92 Å². The number of benzene rings is 1. The lowest BCUT2D eigenvalue weighted by Gasteiger charge is -2.14. The summed E-state index contributed by atoms with van der Waals surface area (Å²) in [6, 6.07) is 7.18. The molecule has 5 heteroatoms. The molecule has 0 spiro atoms. The summed E-state index contributed by atoms with van der Waals surface area (Å²) >= 11 is 3.34. The fraction of sp³-hybridized carbons (Fsp3) is 0.462. The highest BCUT2D eigenvalue weighted by molar-refractivity contribution is 9.10. The van der Waals surface area contributed by atoms with Gasteiger partial charge < -0.3 is 15.7 Å². The fourth-order valence-electron chi connectivity index (χ4n) is 1.67. The number of nitrogens with one attached hydrogen (secondary N) is 2. The first-order chi connectivity index (χ1) is 8.47. The van der Waals surface area contributed by atoms with E-state index in [2.05, 4.69) is 26.6 Å². The second kappa shape index (κ2) is 7.38. The van der Waals surface area contributed by atoms with Crippen molar-refractivity contribution >= 4 is 27.6 Å². The van der Waals surface area contributed by atoms with Crippen LogP contribution in [0.4, 0.5) is 10.5 Å². The van der Waals surface area contributed by atoms with Crippen LogP contribution < -0.4 is 10.6 Å². The molecule has 0 fully saturated rings. The van der Waals surface area contributed by atoms with Gasteiger partial charge in [0.1, 0.15) is 0 Å². The molecule has 3 N–H and O–H groups in total. The number of urea groups is 1. The van der Waals surface area contributed by atoms with Crippen LogP contribution in [0.2, 0.25) is 0 Å². The molecule has 4 nitrogen and oxygen atoms in total. The van der Waals surface area contributed by atoms with Crippen molar-refractivity contribution in [3.8, 4) is 0 Å². The van der Waals surface area contributed by atoms with Crippen LogP contribution in [-0.4, -0.2) is 23.8 Å². The molecule has 1 aromatic carbocycles. The number of amides is 2. The minimum atomic E-state index is -0.338. The van der Waals surface area contributed by atoms with Crippen LogP contribution in [0.5, 0.6) is 0 Å². The van der Waals surface area contributed by atoms with Crippen molar-refractivity contribution in [3.05, 3.63) is 28.7 Å². The molecule has 0 saturated heterocycles. The predicted molar refractivity (Wildman–Crippen MR) is 76.6 cm³/mol. The number of carbonyl (C=O) groups excluding carboxylic acids is 1. The minimum absolute atomic E-state index is 0.231. The first-order valence-corrected chi connectivity index (χ1v) is 6.75. The van der Waals surface area contributed by atoms with Crippen molar-refractivity contribution in [2.45, 2.75) is 26.4 Å². The average molecular weight is 315 g/mol. The van der Waals surface area contributed by atoms with Gasteiger partial charge in [-0.2, -0.15) is 0 Å². The zero-order valence-electron chi connectivity index (χ0n) is 10.6. The summed E-state index contributed by atoms with van der Waals surface area (Å²) in [4.78, 5) is 11.6. The summed E-state index contributed by atoms with van der Waals surface area (Å²) in [5.74, 6) is 0.248. The van der Waals surface area contributed by atoms with E-state index in [-0.39, 0.29) is 18.1 Å². The summed E-state index contributed by atoms with van der Waals surface area (Å²) in [6.07, 6.45) is 0.340. The Kier molecular flexibility index (Phi) is 6.15. The topological polar surface area (TPSA) is 61.4 Å². The summed E-state index contributed by atoms with van der Waals surface area (Å²) in [5.41, 5.74) is 0.741. The van der Waals surface area contributed by atoms with E-state index >= 15 is 0 Å². The maximum absolute atomic E-state index is 11.6. The quantitative estimate of drug-likeness (QED) is 0.782. The van der Waals surface area contributed by atoms with Gasteiger partial charge in [0.15, 0.2) is 0 Å². The Balaban J connectivity index is 2.34. The van der Waals surface area contributed by atoms with Crippen LogP contribution >= 0.6 is 15.9 Å². The highest BCUT2D eigenvalue weighted by atomic mass is 79.9. The van der Waals surface area contributed by atoms with Gasteiger partial charge in [0, 0.05) is 16.7 Å². The van der Waals surface area contributed by atoms with E-state index in [0.29, 0.717) is 13.0 Å². The molecule has 0 heterocycles. The molecular formula is C13H19BrN2O2. The zero-order valence-corrected chi connectivity index (χ0v) is 12.2. The van der Waals surface area contributed by atoms with Crippen molar-refractivity contribution in [2.24, 2.45) is 5.92 Å². The number of aliphatic hydroxyl groups excluding tert-OH is 1. The monoisotopic (exact) mass is 314 g/mol. The molecule has 2 amide bonds. The van der Waals surface area contributed by atoms with Gasteiger partial charge in [0.05, 0.1) is 6.10 Å². The van der Waals surface area contributed by atoms with Crippen LogP contribution in [0.15, 0.2) is 28.7 Å². The van der Waals surface area contributed by atoms with Gasteiger partial charge in [-0.15, -0.1) is 0 Å². The number of halogens is 1. The van der Waals surface area contributed by atoms with Crippen LogP contribution in [-0.2, 0) is 0 Å². The van der Waals surface area contributed by atoms with Gasteiger partial charge in [-0.25, -0.2) is 4.79 Å². The van der Waals surface area contributed by atoms with Crippen LogP contribution in [0, 0.1) is 5.92 Å². The van der Waals surface area contributed by atoms with E-state index in [9.17, 15) is 9.90 Å². The lowest BCUT2D eigenvalue weighted by molar-refractivity contribution is 0.163. The lowest BCUT2D eigenvalue weighted by Crippen LogP contribution is -2.33. The average Bonchev–Trinajstić information content (AvgIpc) is 2.25. The summed E-state index contributed by atoms with van der Waals surface area (Å²) in [5, 5.41) is 14.7. The zero-order chi connectivity index (χ0) is 13.5. The Morgan fingerprint density at radius 1 is 1.44 bits per heavy atom. The smallest absolute Gasteiger partial charge is 0.319 e. The maximum atomic E-state index is 11.6. The summed E-state index contributed by atoms with van der Waals surface area (Å²) < 4.78 is 0.919. The molecule has 1 aromatic rings. The number of hydrogen-bond acceptors (Lipinski definition) is 2. The van der Waals surface area contributed by atoms with Crippen molar-refractivity contribution in [3.63, 3.8) is 0 Å². The SMILES string of the molecule is CC(O)CC(C)CNC(=O)Nc1cccc(Br)c1. The van der Waals surface area contributed by atoms with E-state index in [1.165, 1.54) is 0 Å². The molecule has 0 bridgehead atoms. The second-order valence-electron chi connectivity index (χ2n) is 4.54. The molecule has 0 aliphatic rings. The Morgan fingerprint density at radius 2 is 2.17 bits per heavy atom. The third kappa shape index (κ3) is 6.02. The van der Waals surface area contributed by atoms with E-state index in [4.69, 9.17) is 0 Å². The normalized spacial score (nSPS) is 13.8. The van der Waals surface area contributed by atoms with Gasteiger partial charge in [-0.1, -0.05) is 28.9 Å². The van der Waals surface area contributed by atoms with Gasteiger partial charge in [-0.05, 0) is 37.5 Å². The van der Waals surface area contributed by atoms with Gasteiger partial charge >= 0.3 is 6.03 Å². The molecule has 18 heavy (non-hydrogen) atoms. The molecule has 2 unspecified atom stereocenters. The van der Waals surface area contributed by atoms with Crippen LogP contribution in [0.1, 0.15) is 20.3 Å². The van der Waals surface area contributed by atoms with E-state index < -0.39 is 0 Å². The van der Waals surface area contributed by atoms with E-state index in [1.807, 2.05) is 31.2 Å². The summed E-state index contributed by atoms with van der Waals surface area (Å²) in [7, 11) is 0. The van der Waals surface area contributed by atoms with E-state index in [0.717, 1.165) is 10.2 Å². The van der Waals surface area contributed by atoms with Gasteiger partial charge in [0.2, 0.25) is 0 Å². The van der Waals surface area contributed by atoms with Crippen molar-refractivity contribution in [2.75, 3.05) is 11.9 Å². The molecule has 0 aromatic heterocycles. The Bertz CT molecular complexity index is 396. The number of aliphatic hydroxyl groups is 1. The highest BCUT2D eigenvalue weighted by Gasteiger charge is 2.08.